The second-order valence-corrected chi connectivity index (χ2v) is 8.51. The third-order valence-electron chi connectivity index (χ3n) is 6.89. The quantitative estimate of drug-likeness (QED) is 0.751. The number of carbonyl (C=O) groups excluding carboxylic acids is 2. The summed E-state index contributed by atoms with van der Waals surface area (Å²) in [5.41, 5.74) is 0.446. The van der Waals surface area contributed by atoms with E-state index in [0.29, 0.717) is 17.9 Å². The first-order valence-corrected chi connectivity index (χ1v) is 10.2. The van der Waals surface area contributed by atoms with Gasteiger partial charge in [0.05, 0.1) is 5.92 Å². The Kier molecular flexibility index (Phi) is 6.33. The van der Waals surface area contributed by atoms with Gasteiger partial charge >= 0.3 is 6.03 Å². The highest BCUT2D eigenvalue weighted by Gasteiger charge is 2.40. The molecule has 3 amide bonds. The Morgan fingerprint density at radius 2 is 1.54 bits per heavy atom. The average molecular weight is 385 g/mol. The molecule has 26 heavy (non-hydrogen) atoms. The monoisotopic (exact) mass is 384 g/mol. The van der Waals surface area contributed by atoms with E-state index >= 15 is 0 Å². The van der Waals surface area contributed by atoms with Crippen molar-refractivity contribution in [2.45, 2.75) is 44.9 Å². The first kappa shape index (κ1) is 19.7. The fraction of sp³-hybridized carbons (Fsp3) is 0.895. The SMILES string of the molecule is Cl.O=C(C1CCCN(C(=O)N2CCCC2)C1)N1CCC2(CCNC2)CC1. The molecular formula is C19H33ClN4O2. The predicted octanol–water partition coefficient (Wildman–Crippen LogP) is 1.94. The van der Waals surface area contributed by atoms with Crippen molar-refractivity contribution in [3.63, 3.8) is 0 Å². The molecule has 1 N–H and O–H groups in total. The van der Waals surface area contributed by atoms with Crippen molar-refractivity contribution in [2.75, 3.05) is 52.4 Å². The van der Waals surface area contributed by atoms with Crippen LogP contribution in [-0.2, 0) is 4.79 Å². The van der Waals surface area contributed by atoms with E-state index in [9.17, 15) is 9.59 Å². The molecule has 0 aromatic carbocycles. The van der Waals surface area contributed by atoms with Crippen molar-refractivity contribution in [3.8, 4) is 0 Å². The van der Waals surface area contributed by atoms with Crippen LogP contribution in [0.4, 0.5) is 4.79 Å². The van der Waals surface area contributed by atoms with Gasteiger partial charge in [-0.2, -0.15) is 0 Å². The maximum atomic E-state index is 13.0. The van der Waals surface area contributed by atoms with Gasteiger partial charge in [-0.05, 0) is 56.9 Å². The number of hydrogen-bond donors (Lipinski definition) is 1. The van der Waals surface area contributed by atoms with Crippen LogP contribution in [0.5, 0.6) is 0 Å². The van der Waals surface area contributed by atoms with Crippen LogP contribution < -0.4 is 5.32 Å². The van der Waals surface area contributed by atoms with Crippen LogP contribution in [0.25, 0.3) is 0 Å². The summed E-state index contributed by atoms with van der Waals surface area (Å²) in [7, 11) is 0. The Morgan fingerprint density at radius 3 is 2.19 bits per heavy atom. The lowest BCUT2D eigenvalue weighted by Crippen LogP contribution is -2.52. The Balaban J connectivity index is 0.00000196. The molecule has 4 heterocycles. The fourth-order valence-electron chi connectivity index (χ4n) is 5.14. The van der Waals surface area contributed by atoms with Crippen LogP contribution in [0.2, 0.25) is 0 Å². The molecule has 0 aliphatic carbocycles. The maximum absolute atomic E-state index is 13.0. The van der Waals surface area contributed by atoms with Crippen LogP contribution >= 0.6 is 12.4 Å². The number of nitrogens with zero attached hydrogens (tertiary/aromatic N) is 3. The van der Waals surface area contributed by atoms with Crippen molar-refractivity contribution in [2.24, 2.45) is 11.3 Å². The zero-order valence-corrected chi connectivity index (χ0v) is 16.6. The van der Waals surface area contributed by atoms with Crippen molar-refractivity contribution in [3.05, 3.63) is 0 Å². The van der Waals surface area contributed by atoms with Gasteiger partial charge in [-0.3, -0.25) is 4.79 Å². The summed E-state index contributed by atoms with van der Waals surface area (Å²) in [4.78, 5) is 31.6. The minimum atomic E-state index is 0. The molecule has 4 fully saturated rings. The number of amides is 3. The summed E-state index contributed by atoms with van der Waals surface area (Å²) in [5, 5.41) is 3.48. The number of urea groups is 1. The zero-order chi connectivity index (χ0) is 17.3. The highest BCUT2D eigenvalue weighted by molar-refractivity contribution is 5.85. The van der Waals surface area contributed by atoms with Gasteiger partial charge in [-0.15, -0.1) is 12.4 Å². The van der Waals surface area contributed by atoms with E-state index in [1.165, 1.54) is 6.42 Å². The Morgan fingerprint density at radius 1 is 0.846 bits per heavy atom. The first-order valence-electron chi connectivity index (χ1n) is 10.2. The molecule has 4 aliphatic heterocycles. The Bertz CT molecular complexity index is 508. The van der Waals surface area contributed by atoms with Gasteiger partial charge in [0, 0.05) is 45.8 Å². The Labute approximate surface area is 163 Å². The molecular weight excluding hydrogens is 352 g/mol. The van der Waals surface area contributed by atoms with Gasteiger partial charge in [0.1, 0.15) is 0 Å². The standard InChI is InChI=1S/C19H32N4O2.ClH/c24-17(21-12-6-19(7-13-21)5-8-20-15-19)16-4-3-11-23(14-16)18(25)22-9-1-2-10-22;/h16,20H,1-15H2;1H. The third kappa shape index (κ3) is 3.96. The molecule has 0 bridgehead atoms. The lowest BCUT2D eigenvalue weighted by molar-refractivity contribution is -0.139. The van der Waals surface area contributed by atoms with E-state index in [-0.39, 0.29) is 24.4 Å². The summed E-state index contributed by atoms with van der Waals surface area (Å²) in [6, 6.07) is 0.157. The third-order valence-corrected chi connectivity index (χ3v) is 6.89. The number of carbonyl (C=O) groups is 2. The van der Waals surface area contributed by atoms with Crippen LogP contribution in [0.1, 0.15) is 44.9 Å². The number of likely N-dealkylation sites (tertiary alicyclic amines) is 3. The highest BCUT2D eigenvalue weighted by atomic mass is 35.5. The largest absolute Gasteiger partial charge is 0.342 e. The van der Waals surface area contributed by atoms with Crippen LogP contribution in [-0.4, -0.2) is 79.0 Å². The maximum Gasteiger partial charge on any atom is 0.320 e. The van der Waals surface area contributed by atoms with Gasteiger partial charge < -0.3 is 20.0 Å². The second-order valence-electron chi connectivity index (χ2n) is 8.51. The first-order chi connectivity index (χ1) is 12.2. The molecule has 1 unspecified atom stereocenters. The topological polar surface area (TPSA) is 55.9 Å². The lowest BCUT2D eigenvalue weighted by Gasteiger charge is -2.41. The highest BCUT2D eigenvalue weighted by Crippen LogP contribution is 2.37. The van der Waals surface area contributed by atoms with E-state index in [4.69, 9.17) is 0 Å². The van der Waals surface area contributed by atoms with Gasteiger partial charge in [-0.1, -0.05) is 0 Å². The molecule has 4 rings (SSSR count). The molecule has 7 heteroatoms. The normalized spacial score (nSPS) is 28.3. The second kappa shape index (κ2) is 8.34. The van der Waals surface area contributed by atoms with Gasteiger partial charge in [-0.25, -0.2) is 4.79 Å². The lowest BCUT2D eigenvalue weighted by atomic mass is 9.77. The summed E-state index contributed by atoms with van der Waals surface area (Å²) < 4.78 is 0. The minimum Gasteiger partial charge on any atom is -0.342 e. The molecule has 4 saturated heterocycles. The average Bonchev–Trinajstić information content (AvgIpc) is 3.34. The predicted molar refractivity (Wildman–Crippen MR) is 103 cm³/mol. The van der Waals surface area contributed by atoms with Gasteiger partial charge in [0.2, 0.25) is 5.91 Å². The van der Waals surface area contributed by atoms with E-state index in [0.717, 1.165) is 84.3 Å². The van der Waals surface area contributed by atoms with Crippen molar-refractivity contribution in [1.82, 2.24) is 20.0 Å². The minimum absolute atomic E-state index is 0. The van der Waals surface area contributed by atoms with Crippen molar-refractivity contribution in [1.29, 1.82) is 0 Å². The summed E-state index contributed by atoms with van der Waals surface area (Å²) in [6.07, 6.45) is 7.66. The van der Waals surface area contributed by atoms with Gasteiger partial charge in [0.25, 0.3) is 0 Å². The van der Waals surface area contributed by atoms with Gasteiger partial charge in [0.15, 0.2) is 0 Å². The van der Waals surface area contributed by atoms with Crippen molar-refractivity contribution < 1.29 is 9.59 Å². The Hall–Kier alpha value is -1.01. The van der Waals surface area contributed by atoms with E-state index < -0.39 is 0 Å². The summed E-state index contributed by atoms with van der Waals surface area (Å²) in [5.74, 6) is 0.302. The van der Waals surface area contributed by atoms with Crippen LogP contribution in [0.3, 0.4) is 0 Å². The van der Waals surface area contributed by atoms with E-state index in [1.807, 2.05) is 9.80 Å². The molecule has 0 saturated carbocycles. The fourth-order valence-corrected chi connectivity index (χ4v) is 5.14. The number of nitrogens with one attached hydrogen (secondary N) is 1. The molecule has 148 valence electrons. The number of piperidine rings is 2. The number of rotatable bonds is 1. The van der Waals surface area contributed by atoms with Crippen LogP contribution in [0, 0.1) is 11.3 Å². The summed E-state index contributed by atoms with van der Waals surface area (Å²) in [6.45, 7) is 7.26. The molecule has 4 aliphatic rings. The summed E-state index contributed by atoms with van der Waals surface area (Å²) >= 11 is 0. The zero-order valence-electron chi connectivity index (χ0n) is 15.8. The molecule has 1 atom stereocenters. The smallest absolute Gasteiger partial charge is 0.320 e. The molecule has 1 spiro atoms. The molecule has 0 aromatic rings. The van der Waals surface area contributed by atoms with Crippen molar-refractivity contribution >= 4 is 24.3 Å². The van der Waals surface area contributed by atoms with E-state index in [1.54, 1.807) is 0 Å². The molecule has 0 aromatic heterocycles. The number of halogens is 1. The molecule has 6 nitrogen and oxygen atoms in total. The molecule has 0 radical (unpaired) electrons. The van der Waals surface area contributed by atoms with Crippen LogP contribution in [0.15, 0.2) is 0 Å². The van der Waals surface area contributed by atoms with E-state index in [2.05, 4.69) is 10.2 Å². The number of hydrogen-bond acceptors (Lipinski definition) is 3.